The first-order chi connectivity index (χ1) is 7.06. The monoisotopic (exact) mass is 216 g/mol. The third-order valence-corrected chi connectivity index (χ3v) is 2.75. The van der Waals surface area contributed by atoms with Gasteiger partial charge < -0.3 is 10.2 Å². The Morgan fingerprint density at radius 2 is 1.13 bits per heavy atom. The molecule has 0 amide bonds. The molecule has 0 bridgehead atoms. The van der Waals surface area contributed by atoms with Crippen LogP contribution < -0.4 is 0 Å². The van der Waals surface area contributed by atoms with Crippen LogP contribution >= 0.6 is 0 Å². The van der Waals surface area contributed by atoms with Gasteiger partial charge in [0, 0.05) is 6.42 Å². The van der Waals surface area contributed by atoms with Crippen LogP contribution in [0.15, 0.2) is 0 Å². The summed E-state index contributed by atoms with van der Waals surface area (Å²) in [6.07, 6.45) is 11.9. The number of hydrogen-bond donors (Lipinski definition) is 2. The van der Waals surface area contributed by atoms with Crippen LogP contribution in [-0.2, 0) is 0 Å². The first-order valence-electron chi connectivity index (χ1n) is 6.51. The van der Waals surface area contributed by atoms with Crippen molar-refractivity contribution in [3.05, 3.63) is 0 Å². The van der Waals surface area contributed by atoms with E-state index in [0.29, 0.717) is 6.42 Å². The predicted molar refractivity (Wildman–Crippen MR) is 64.7 cm³/mol. The zero-order valence-corrected chi connectivity index (χ0v) is 10.5. The number of rotatable bonds is 10. The first-order valence-corrected chi connectivity index (χ1v) is 6.51. The van der Waals surface area contributed by atoms with Crippen LogP contribution in [0.4, 0.5) is 0 Å². The van der Waals surface area contributed by atoms with Gasteiger partial charge in [-0.3, -0.25) is 0 Å². The summed E-state index contributed by atoms with van der Waals surface area (Å²) in [6.45, 7) is 3.69. The fraction of sp³-hybridized carbons (Fsp3) is 1.00. The van der Waals surface area contributed by atoms with Crippen LogP contribution in [0.25, 0.3) is 0 Å². The van der Waals surface area contributed by atoms with Gasteiger partial charge in [0.15, 0.2) is 5.79 Å². The molecule has 0 heterocycles. The van der Waals surface area contributed by atoms with Gasteiger partial charge in [-0.2, -0.15) is 0 Å². The highest BCUT2D eigenvalue weighted by molar-refractivity contribution is 4.56. The first kappa shape index (κ1) is 14.9. The summed E-state index contributed by atoms with van der Waals surface area (Å²) in [7, 11) is 0. The molecule has 0 aliphatic rings. The van der Waals surface area contributed by atoms with Crippen molar-refractivity contribution in [2.24, 2.45) is 0 Å². The molecular weight excluding hydrogens is 188 g/mol. The zero-order valence-electron chi connectivity index (χ0n) is 10.5. The molecule has 15 heavy (non-hydrogen) atoms. The van der Waals surface area contributed by atoms with Crippen LogP contribution in [0.3, 0.4) is 0 Å². The predicted octanol–water partition coefficient (Wildman–Crippen LogP) is 3.61. The molecule has 0 aliphatic heterocycles. The molecule has 92 valence electrons. The Hall–Kier alpha value is -0.0800. The van der Waals surface area contributed by atoms with Crippen LogP contribution in [0, 0.1) is 0 Å². The fourth-order valence-corrected chi connectivity index (χ4v) is 1.77. The Morgan fingerprint density at radius 1 is 0.733 bits per heavy atom. The van der Waals surface area contributed by atoms with Crippen molar-refractivity contribution < 1.29 is 10.2 Å². The standard InChI is InChI=1S/C13H28O2/c1-3-4-5-6-7-8-9-10-11-12-13(2,14)15/h14-15H,3-12H2,1-2H3. The molecule has 0 spiro atoms. The van der Waals surface area contributed by atoms with Crippen molar-refractivity contribution in [1.82, 2.24) is 0 Å². The van der Waals surface area contributed by atoms with E-state index < -0.39 is 5.79 Å². The minimum atomic E-state index is -1.46. The lowest BCUT2D eigenvalue weighted by atomic mass is 10.0. The second-order valence-corrected chi connectivity index (χ2v) is 4.80. The Kier molecular flexibility index (Phi) is 9.12. The Balaban J connectivity index is 2.99. The van der Waals surface area contributed by atoms with E-state index in [-0.39, 0.29) is 0 Å². The van der Waals surface area contributed by atoms with Crippen LogP contribution in [0.1, 0.15) is 78.1 Å². The fourth-order valence-electron chi connectivity index (χ4n) is 1.77. The van der Waals surface area contributed by atoms with Gasteiger partial charge in [-0.05, 0) is 13.3 Å². The van der Waals surface area contributed by atoms with Gasteiger partial charge in [-0.25, -0.2) is 0 Å². The molecule has 0 aromatic rings. The zero-order chi connectivity index (χ0) is 11.6. The molecular formula is C13H28O2. The molecule has 0 aromatic heterocycles. The molecule has 0 fully saturated rings. The van der Waals surface area contributed by atoms with Gasteiger partial charge in [0.25, 0.3) is 0 Å². The smallest absolute Gasteiger partial charge is 0.159 e. The van der Waals surface area contributed by atoms with E-state index in [2.05, 4.69) is 6.92 Å². The van der Waals surface area contributed by atoms with E-state index in [1.54, 1.807) is 0 Å². The van der Waals surface area contributed by atoms with Crippen molar-refractivity contribution in [3.63, 3.8) is 0 Å². The normalized spacial score (nSPS) is 12.0. The summed E-state index contributed by atoms with van der Waals surface area (Å²) in [5, 5.41) is 18.1. The number of aliphatic hydroxyl groups is 2. The van der Waals surface area contributed by atoms with Crippen molar-refractivity contribution in [2.75, 3.05) is 0 Å². The Labute approximate surface area is 94.7 Å². The van der Waals surface area contributed by atoms with Gasteiger partial charge in [-0.1, -0.05) is 58.3 Å². The molecule has 2 nitrogen and oxygen atoms in total. The second-order valence-electron chi connectivity index (χ2n) is 4.80. The summed E-state index contributed by atoms with van der Waals surface area (Å²) in [4.78, 5) is 0. The highest BCUT2D eigenvalue weighted by Crippen LogP contribution is 2.14. The van der Waals surface area contributed by atoms with Gasteiger partial charge in [0.1, 0.15) is 0 Å². The highest BCUT2D eigenvalue weighted by atomic mass is 16.5. The molecule has 0 saturated carbocycles. The molecule has 0 rings (SSSR count). The van der Waals surface area contributed by atoms with E-state index >= 15 is 0 Å². The Morgan fingerprint density at radius 3 is 1.53 bits per heavy atom. The van der Waals surface area contributed by atoms with E-state index in [1.165, 1.54) is 51.9 Å². The molecule has 0 atom stereocenters. The lowest BCUT2D eigenvalue weighted by Crippen LogP contribution is -2.22. The maximum absolute atomic E-state index is 9.07. The molecule has 0 aromatic carbocycles. The third-order valence-electron chi connectivity index (χ3n) is 2.75. The maximum atomic E-state index is 9.07. The van der Waals surface area contributed by atoms with E-state index in [9.17, 15) is 0 Å². The Bertz CT molecular complexity index is 127. The molecule has 0 aliphatic carbocycles. The second kappa shape index (κ2) is 9.17. The molecule has 2 heteroatoms. The van der Waals surface area contributed by atoms with Crippen LogP contribution in [-0.4, -0.2) is 16.0 Å². The molecule has 0 unspecified atom stereocenters. The van der Waals surface area contributed by atoms with Crippen molar-refractivity contribution in [2.45, 2.75) is 83.8 Å². The summed E-state index contributed by atoms with van der Waals surface area (Å²) in [6, 6.07) is 0. The van der Waals surface area contributed by atoms with Gasteiger partial charge >= 0.3 is 0 Å². The molecule has 0 radical (unpaired) electrons. The SMILES string of the molecule is CCCCCCCCCCCC(C)(O)O. The van der Waals surface area contributed by atoms with Crippen LogP contribution in [0.5, 0.6) is 0 Å². The number of unbranched alkanes of at least 4 members (excludes halogenated alkanes) is 8. The molecule has 2 N–H and O–H groups in total. The minimum absolute atomic E-state index is 0.503. The quantitative estimate of drug-likeness (QED) is 0.432. The summed E-state index contributed by atoms with van der Waals surface area (Å²) >= 11 is 0. The van der Waals surface area contributed by atoms with E-state index in [0.717, 1.165) is 12.8 Å². The van der Waals surface area contributed by atoms with Gasteiger partial charge in [0.2, 0.25) is 0 Å². The van der Waals surface area contributed by atoms with Gasteiger partial charge in [-0.15, -0.1) is 0 Å². The minimum Gasteiger partial charge on any atom is -0.366 e. The largest absolute Gasteiger partial charge is 0.366 e. The van der Waals surface area contributed by atoms with E-state index in [1.807, 2.05) is 0 Å². The summed E-state index contributed by atoms with van der Waals surface area (Å²) in [5.74, 6) is -1.46. The van der Waals surface area contributed by atoms with Crippen LogP contribution in [0.2, 0.25) is 0 Å². The van der Waals surface area contributed by atoms with Crippen molar-refractivity contribution in [3.8, 4) is 0 Å². The highest BCUT2D eigenvalue weighted by Gasteiger charge is 2.12. The lowest BCUT2D eigenvalue weighted by Gasteiger charge is -2.14. The average Bonchev–Trinajstić information content (AvgIpc) is 2.14. The summed E-state index contributed by atoms with van der Waals surface area (Å²) in [5.41, 5.74) is 0. The lowest BCUT2D eigenvalue weighted by molar-refractivity contribution is -0.150. The van der Waals surface area contributed by atoms with Crippen molar-refractivity contribution in [1.29, 1.82) is 0 Å². The molecule has 0 saturated heterocycles. The van der Waals surface area contributed by atoms with E-state index in [4.69, 9.17) is 10.2 Å². The number of hydrogen-bond acceptors (Lipinski definition) is 2. The third kappa shape index (κ3) is 13.9. The maximum Gasteiger partial charge on any atom is 0.159 e. The van der Waals surface area contributed by atoms with Crippen molar-refractivity contribution >= 4 is 0 Å². The van der Waals surface area contributed by atoms with Gasteiger partial charge in [0.05, 0.1) is 0 Å². The average molecular weight is 216 g/mol. The topological polar surface area (TPSA) is 40.5 Å². The summed E-state index contributed by atoms with van der Waals surface area (Å²) < 4.78 is 0.